The number of carboxylic acids is 1. The zero-order valence-electron chi connectivity index (χ0n) is 31.9. The minimum absolute atomic E-state index is 0.0136. The van der Waals surface area contributed by atoms with E-state index in [2.05, 4.69) is 34.4 Å². The molecule has 0 aromatic carbocycles. The van der Waals surface area contributed by atoms with Crippen molar-refractivity contribution >= 4 is 75.1 Å². The second kappa shape index (κ2) is 21.6. The molecule has 31 heteroatoms. The van der Waals surface area contributed by atoms with Crippen LogP contribution in [0.15, 0.2) is 24.5 Å². The number of nitrogens with two attached hydrogens (primary N) is 1. The number of imidazole rings is 1. The largest absolute Gasteiger partial charge is 0.516 e. The lowest BCUT2D eigenvalue weighted by Gasteiger charge is -2.30. The number of carboxylic acid groups (broad SMARTS) is 1. The van der Waals surface area contributed by atoms with Crippen LogP contribution in [-0.2, 0) is 55.5 Å². The number of fused-ring (bicyclic) bond motifs is 1. The molecule has 2 amide bonds. The molecule has 3 unspecified atom stereocenters. The van der Waals surface area contributed by atoms with Crippen molar-refractivity contribution in [1.82, 2.24) is 30.2 Å². The summed E-state index contributed by atoms with van der Waals surface area (Å²) in [5.74, 6) is -3.62. The second-order valence-corrected chi connectivity index (χ2v) is 19.0. The second-order valence-electron chi connectivity index (χ2n) is 13.7. The summed E-state index contributed by atoms with van der Waals surface area (Å²) in [4.78, 5) is 99.3. The van der Waals surface area contributed by atoms with Crippen molar-refractivity contribution in [3.63, 3.8) is 0 Å². The number of anilines is 1. The molecule has 2 aromatic rings. The molecule has 3 rings (SSSR count). The summed E-state index contributed by atoms with van der Waals surface area (Å²) in [6.45, 7) is 1.60. The first-order valence-corrected chi connectivity index (χ1v) is 22.8. The van der Waals surface area contributed by atoms with Crippen LogP contribution in [0, 0.1) is 11.3 Å². The number of nitrogens with zero attached hydrogens (tertiary/aromatic N) is 4. The number of aliphatic hydroxyl groups excluding tert-OH is 3. The summed E-state index contributed by atoms with van der Waals surface area (Å²) in [6.07, 6.45) is -6.81. The van der Waals surface area contributed by atoms with Gasteiger partial charge in [0.2, 0.25) is 11.8 Å². The number of aromatic nitrogens is 4. The molecule has 1 fully saturated rings. The summed E-state index contributed by atoms with van der Waals surface area (Å²) in [5, 5.41) is 43.9. The van der Waals surface area contributed by atoms with Crippen molar-refractivity contribution in [3.8, 4) is 0 Å². The number of hydrogen-bond donors (Lipinski definition) is 11. The van der Waals surface area contributed by atoms with Crippen LogP contribution in [0.1, 0.15) is 46.3 Å². The molecule has 3 heterocycles. The number of phosphoric acid groups is 3. The van der Waals surface area contributed by atoms with E-state index in [1.54, 1.807) is 0 Å². The maximum absolute atomic E-state index is 12.7. The van der Waals surface area contributed by atoms with Crippen molar-refractivity contribution in [2.45, 2.75) is 70.7 Å². The molecule has 0 saturated carbocycles. The Morgan fingerprint density at radius 3 is 2.35 bits per heavy atom. The number of carbonyl (C=O) groups excluding carboxylic acids is 3. The SMILES string of the molecule is CC(=CO)CC(CC(=O)O)C(=O)SCCNC(=O)CCNC(=O)[C@H](O)C(C)(C)COP(=O)(O)OP(=O)(O)OC[C@H]1O[C@@H](n2cnc3c(N)ncnc32)[C@H](O)[C@@H]1OP(=O)(O)O. The Balaban J connectivity index is 1.47. The highest BCUT2D eigenvalue weighted by Crippen LogP contribution is 2.61. The van der Waals surface area contributed by atoms with Crippen molar-refractivity contribution in [2.24, 2.45) is 11.3 Å². The van der Waals surface area contributed by atoms with Crippen LogP contribution in [0.4, 0.5) is 5.82 Å². The molecule has 27 nitrogen and oxygen atoms in total. The number of ether oxygens (including phenoxy) is 1. The minimum Gasteiger partial charge on any atom is -0.516 e. The molecule has 1 aliphatic heterocycles. The van der Waals surface area contributed by atoms with E-state index in [0.717, 1.165) is 35.2 Å². The lowest BCUT2D eigenvalue weighted by Crippen LogP contribution is -2.46. The van der Waals surface area contributed by atoms with Crippen LogP contribution in [0.25, 0.3) is 11.2 Å². The summed E-state index contributed by atoms with van der Waals surface area (Å²) >= 11 is 0.801. The highest BCUT2D eigenvalue weighted by Gasteiger charge is 2.50. The first-order valence-electron chi connectivity index (χ1n) is 17.3. The maximum atomic E-state index is 12.7. The van der Waals surface area contributed by atoms with Gasteiger partial charge in [0.1, 0.15) is 36.3 Å². The molecule has 60 heavy (non-hydrogen) atoms. The van der Waals surface area contributed by atoms with E-state index in [9.17, 15) is 62.7 Å². The lowest BCUT2D eigenvalue weighted by molar-refractivity contribution is -0.139. The predicted octanol–water partition coefficient (Wildman–Crippen LogP) is -0.392. The number of nitrogens with one attached hydrogen (secondary N) is 2. The van der Waals surface area contributed by atoms with Crippen LogP contribution in [0.2, 0.25) is 0 Å². The molecule has 0 radical (unpaired) electrons. The minimum atomic E-state index is -5.61. The van der Waals surface area contributed by atoms with E-state index in [0.29, 0.717) is 5.57 Å². The van der Waals surface area contributed by atoms with E-state index in [1.165, 1.54) is 20.8 Å². The normalized spacial score (nSPS) is 21.8. The molecular weight excluding hydrogens is 891 g/mol. The number of amides is 2. The third-order valence-electron chi connectivity index (χ3n) is 8.29. The van der Waals surface area contributed by atoms with E-state index in [4.69, 9.17) is 29.7 Å². The number of aliphatic hydroxyl groups is 3. The lowest BCUT2D eigenvalue weighted by atomic mass is 9.87. The summed E-state index contributed by atoms with van der Waals surface area (Å²) < 4.78 is 62.1. The Kier molecular flexibility index (Phi) is 18.3. The average Bonchev–Trinajstić information content (AvgIpc) is 3.70. The number of nitrogen functional groups attached to an aromatic ring is 1. The van der Waals surface area contributed by atoms with E-state index >= 15 is 0 Å². The zero-order chi connectivity index (χ0) is 45.2. The monoisotopic (exact) mass is 937 g/mol. The topological polar surface area (TPSA) is 421 Å². The number of carbonyl (C=O) groups is 4. The highest BCUT2D eigenvalue weighted by atomic mass is 32.2. The van der Waals surface area contributed by atoms with Gasteiger partial charge in [-0.25, -0.2) is 28.6 Å². The molecule has 12 N–H and O–H groups in total. The van der Waals surface area contributed by atoms with Gasteiger partial charge in [0.05, 0.1) is 32.2 Å². The van der Waals surface area contributed by atoms with Gasteiger partial charge in [-0.15, -0.1) is 0 Å². The van der Waals surface area contributed by atoms with Gasteiger partial charge < -0.3 is 61.1 Å². The Morgan fingerprint density at radius 2 is 1.72 bits per heavy atom. The van der Waals surface area contributed by atoms with Crippen molar-refractivity contribution in [1.29, 1.82) is 0 Å². The summed E-state index contributed by atoms with van der Waals surface area (Å²) in [5.41, 5.74) is 4.59. The van der Waals surface area contributed by atoms with E-state index in [-0.39, 0.29) is 48.7 Å². The van der Waals surface area contributed by atoms with Crippen LogP contribution in [0.3, 0.4) is 0 Å². The number of hydrogen-bond acceptors (Lipinski definition) is 20. The third-order valence-corrected chi connectivity index (χ3v) is 12.4. The maximum Gasteiger partial charge on any atom is 0.481 e. The molecule has 1 saturated heterocycles. The van der Waals surface area contributed by atoms with E-state index in [1.807, 2.05) is 0 Å². The molecule has 0 spiro atoms. The van der Waals surface area contributed by atoms with Gasteiger partial charge in [-0.05, 0) is 18.9 Å². The number of allylic oxidation sites excluding steroid dienone is 1. The Labute approximate surface area is 344 Å². The number of aliphatic carboxylic acids is 1. The van der Waals surface area contributed by atoms with Crippen LogP contribution in [-0.4, -0.2) is 139 Å². The van der Waals surface area contributed by atoms with Crippen molar-refractivity contribution < 1.29 is 95.5 Å². The first kappa shape index (κ1) is 50.9. The standard InChI is InChI=1S/C29H46N7O20P3S/c1-15(10-37)8-16(9-19(39)40)28(44)60-7-6-31-18(38)4-5-32-26(43)23(42)29(2,3)12-53-59(50,51)56-58(48,49)52-11-17-22(55-57(45,46)47)21(41)27(54-17)36-14-35-20-24(30)33-13-34-25(20)36/h10,13-14,16-17,21-23,27,37,41-42H,4-9,11-12H2,1-3H3,(H,31,38)(H,32,43)(H,39,40)(H,48,49)(H,50,51)(H2,30,33,34)(H2,45,46,47)/t16?,17-,21-,22-,23+,27-/m1/s1. The molecule has 0 aliphatic carbocycles. The smallest absolute Gasteiger partial charge is 0.481 e. The summed E-state index contributed by atoms with van der Waals surface area (Å²) in [6, 6.07) is 0. The fourth-order valence-electron chi connectivity index (χ4n) is 5.29. The fourth-order valence-corrected chi connectivity index (χ4v) is 8.93. The fraction of sp³-hybridized carbons (Fsp3) is 0.621. The van der Waals surface area contributed by atoms with Gasteiger partial charge in [-0.3, -0.25) is 37.3 Å². The first-order chi connectivity index (χ1) is 27.8. The van der Waals surface area contributed by atoms with E-state index < -0.39 is 108 Å². The van der Waals surface area contributed by atoms with Crippen LogP contribution >= 0.6 is 35.2 Å². The zero-order valence-corrected chi connectivity index (χ0v) is 35.4. The number of thioether (sulfide) groups is 1. The predicted molar refractivity (Wildman–Crippen MR) is 204 cm³/mol. The molecule has 338 valence electrons. The van der Waals surface area contributed by atoms with Gasteiger partial charge in [-0.2, -0.15) is 4.31 Å². The van der Waals surface area contributed by atoms with Crippen LogP contribution < -0.4 is 16.4 Å². The van der Waals surface area contributed by atoms with Crippen molar-refractivity contribution in [3.05, 3.63) is 24.5 Å². The van der Waals surface area contributed by atoms with Gasteiger partial charge >= 0.3 is 29.4 Å². The Hall–Kier alpha value is -3.43. The van der Waals surface area contributed by atoms with Crippen LogP contribution in [0.5, 0.6) is 0 Å². The number of rotatable bonds is 24. The summed E-state index contributed by atoms with van der Waals surface area (Å²) in [7, 11) is -16.5. The quantitative estimate of drug-likeness (QED) is 0.0362. The van der Waals surface area contributed by atoms with Gasteiger partial charge in [0.25, 0.3) is 0 Å². The third kappa shape index (κ3) is 15.5. The molecule has 8 atom stereocenters. The van der Waals surface area contributed by atoms with Gasteiger partial charge in [0, 0.05) is 36.6 Å². The van der Waals surface area contributed by atoms with Crippen molar-refractivity contribution in [2.75, 3.05) is 37.8 Å². The molecular formula is C29H46N7O20P3S. The Bertz CT molecular complexity index is 2030. The average molecular weight is 938 g/mol. The number of phosphoric ester groups is 3. The highest BCUT2D eigenvalue weighted by molar-refractivity contribution is 8.13. The molecule has 0 bridgehead atoms. The molecule has 1 aliphatic rings. The molecule has 2 aromatic heterocycles. The van der Waals surface area contributed by atoms with Gasteiger partial charge in [-0.1, -0.05) is 25.6 Å². The van der Waals surface area contributed by atoms with Gasteiger partial charge in [0.15, 0.2) is 22.8 Å². The Morgan fingerprint density at radius 1 is 1.05 bits per heavy atom.